The van der Waals surface area contributed by atoms with Crippen LogP contribution in [-0.2, 0) is 4.79 Å². The lowest BCUT2D eigenvalue weighted by molar-refractivity contribution is -0.116. The zero-order valence-electron chi connectivity index (χ0n) is 12.3. The van der Waals surface area contributed by atoms with Crippen LogP contribution >= 0.6 is 0 Å². The van der Waals surface area contributed by atoms with E-state index in [0.717, 1.165) is 5.56 Å². The molecule has 0 fully saturated rings. The van der Waals surface area contributed by atoms with E-state index >= 15 is 0 Å². The molecule has 3 heteroatoms. The fraction of sp³-hybridized carbons (Fsp3) is 0.222. The Bertz CT molecular complexity index is 617. The number of Topliss-reactive ketones (excluding diaryl/α,β-unsaturated/α-hetero) is 1. The molecule has 21 heavy (non-hydrogen) atoms. The molecule has 1 N–H and O–H groups in total. The van der Waals surface area contributed by atoms with E-state index in [0.29, 0.717) is 17.7 Å². The Morgan fingerprint density at radius 3 is 2.19 bits per heavy atom. The molecule has 108 valence electrons. The van der Waals surface area contributed by atoms with Crippen LogP contribution in [0.4, 0.5) is 5.69 Å². The van der Waals surface area contributed by atoms with Gasteiger partial charge in [0.15, 0.2) is 5.78 Å². The third-order valence-electron chi connectivity index (χ3n) is 3.44. The number of nitrogens with one attached hydrogen (secondary N) is 1. The van der Waals surface area contributed by atoms with Crippen LogP contribution in [0.25, 0.3) is 0 Å². The molecule has 0 saturated heterocycles. The molecule has 3 nitrogen and oxygen atoms in total. The van der Waals surface area contributed by atoms with E-state index in [-0.39, 0.29) is 17.6 Å². The molecule has 2 aromatic carbocycles. The lowest BCUT2D eigenvalue weighted by Gasteiger charge is -2.12. The van der Waals surface area contributed by atoms with Gasteiger partial charge in [0.2, 0.25) is 5.91 Å². The highest BCUT2D eigenvalue weighted by molar-refractivity contribution is 5.95. The van der Waals surface area contributed by atoms with Crippen molar-refractivity contribution in [3.63, 3.8) is 0 Å². The van der Waals surface area contributed by atoms with Gasteiger partial charge in [-0.15, -0.1) is 0 Å². The molecule has 0 aliphatic rings. The van der Waals surface area contributed by atoms with E-state index in [9.17, 15) is 9.59 Å². The Morgan fingerprint density at radius 1 is 1.00 bits per heavy atom. The number of carbonyl (C=O) groups excluding carboxylic acids is 2. The minimum Gasteiger partial charge on any atom is -0.326 e. The second kappa shape index (κ2) is 6.84. The molecule has 0 radical (unpaired) electrons. The normalized spacial score (nSPS) is 11.7. The number of rotatable bonds is 5. The fourth-order valence-electron chi connectivity index (χ4n) is 2.18. The topological polar surface area (TPSA) is 46.2 Å². The van der Waals surface area contributed by atoms with Crippen LogP contribution in [0.5, 0.6) is 0 Å². The molecular weight excluding hydrogens is 262 g/mol. The van der Waals surface area contributed by atoms with Gasteiger partial charge in [0.25, 0.3) is 0 Å². The predicted octanol–water partition coefficient (Wildman–Crippen LogP) is 4.02. The zero-order chi connectivity index (χ0) is 15.2. The van der Waals surface area contributed by atoms with E-state index in [2.05, 4.69) is 5.32 Å². The maximum Gasteiger partial charge on any atom is 0.224 e. The average Bonchev–Trinajstić information content (AvgIpc) is 2.48. The summed E-state index contributed by atoms with van der Waals surface area (Å²) in [5, 5.41) is 2.86. The molecule has 1 amide bonds. The lowest BCUT2D eigenvalue weighted by atomic mass is 9.97. The number of benzene rings is 2. The molecule has 0 bridgehead atoms. The summed E-state index contributed by atoms with van der Waals surface area (Å²) < 4.78 is 0. The van der Waals surface area contributed by atoms with Gasteiger partial charge in [-0.3, -0.25) is 9.59 Å². The van der Waals surface area contributed by atoms with Gasteiger partial charge < -0.3 is 5.32 Å². The van der Waals surface area contributed by atoms with Crippen molar-refractivity contribution in [2.24, 2.45) is 0 Å². The van der Waals surface area contributed by atoms with Gasteiger partial charge in [-0.1, -0.05) is 37.3 Å². The Balaban J connectivity index is 1.94. The highest BCUT2D eigenvalue weighted by Crippen LogP contribution is 2.19. The van der Waals surface area contributed by atoms with E-state index < -0.39 is 0 Å². The van der Waals surface area contributed by atoms with Crippen molar-refractivity contribution < 1.29 is 9.59 Å². The first-order chi connectivity index (χ1) is 10.1. The fourth-order valence-corrected chi connectivity index (χ4v) is 2.18. The van der Waals surface area contributed by atoms with Crippen molar-refractivity contribution >= 4 is 17.4 Å². The number of anilines is 1. The molecule has 0 aliphatic carbocycles. The highest BCUT2D eigenvalue weighted by Gasteiger charge is 2.11. The summed E-state index contributed by atoms with van der Waals surface area (Å²) in [6.07, 6.45) is 0.429. The van der Waals surface area contributed by atoms with E-state index in [1.807, 2.05) is 37.3 Å². The summed E-state index contributed by atoms with van der Waals surface area (Å²) in [7, 11) is 0. The molecule has 1 atom stereocenters. The molecule has 0 aromatic heterocycles. The Hall–Kier alpha value is -2.42. The van der Waals surface area contributed by atoms with Crippen LogP contribution in [0.3, 0.4) is 0 Å². The number of hydrogen-bond donors (Lipinski definition) is 1. The summed E-state index contributed by atoms with van der Waals surface area (Å²) in [4.78, 5) is 23.2. The second-order valence-electron chi connectivity index (χ2n) is 5.20. The SMILES string of the molecule is CC(=O)c1ccc(NC(=O)C[C@@H](C)c2ccccc2)cc1. The summed E-state index contributed by atoms with van der Waals surface area (Å²) >= 11 is 0. The summed E-state index contributed by atoms with van der Waals surface area (Å²) in [5.74, 6) is 0.162. The van der Waals surface area contributed by atoms with Crippen molar-refractivity contribution in [1.82, 2.24) is 0 Å². The van der Waals surface area contributed by atoms with E-state index in [1.54, 1.807) is 24.3 Å². The van der Waals surface area contributed by atoms with Gasteiger partial charge in [-0.05, 0) is 42.7 Å². The standard InChI is InChI=1S/C18H19NO2/c1-13(15-6-4-3-5-7-15)12-18(21)19-17-10-8-16(9-11-17)14(2)20/h3-11,13H,12H2,1-2H3,(H,19,21)/t13-/m1/s1. The van der Waals surface area contributed by atoms with E-state index in [1.165, 1.54) is 6.92 Å². The van der Waals surface area contributed by atoms with Crippen LogP contribution in [0.15, 0.2) is 54.6 Å². The Kier molecular flexibility index (Phi) is 4.88. The van der Waals surface area contributed by atoms with E-state index in [4.69, 9.17) is 0 Å². The number of amides is 1. The van der Waals surface area contributed by atoms with Gasteiger partial charge in [-0.2, -0.15) is 0 Å². The quantitative estimate of drug-likeness (QED) is 0.841. The first kappa shape index (κ1) is 15.0. The molecule has 0 saturated carbocycles. The van der Waals surface area contributed by atoms with Crippen molar-refractivity contribution in [3.8, 4) is 0 Å². The van der Waals surface area contributed by atoms with Crippen LogP contribution in [0.2, 0.25) is 0 Å². The zero-order valence-corrected chi connectivity index (χ0v) is 12.3. The van der Waals surface area contributed by atoms with Gasteiger partial charge in [0, 0.05) is 17.7 Å². The van der Waals surface area contributed by atoms with Gasteiger partial charge >= 0.3 is 0 Å². The van der Waals surface area contributed by atoms with Gasteiger partial charge in [0.1, 0.15) is 0 Å². The predicted molar refractivity (Wildman–Crippen MR) is 84.6 cm³/mol. The lowest BCUT2D eigenvalue weighted by Crippen LogP contribution is -2.14. The summed E-state index contributed by atoms with van der Waals surface area (Å²) in [5.41, 5.74) is 2.51. The molecule has 2 aromatic rings. The van der Waals surface area contributed by atoms with Crippen LogP contribution in [0.1, 0.15) is 42.1 Å². The van der Waals surface area contributed by atoms with Crippen molar-refractivity contribution in [2.75, 3.05) is 5.32 Å². The van der Waals surface area contributed by atoms with Crippen molar-refractivity contribution in [2.45, 2.75) is 26.2 Å². The molecule has 0 unspecified atom stereocenters. The van der Waals surface area contributed by atoms with Crippen LogP contribution < -0.4 is 5.32 Å². The molecule has 0 heterocycles. The minimum atomic E-state index is -0.0260. The number of ketones is 1. The van der Waals surface area contributed by atoms with Crippen molar-refractivity contribution in [3.05, 3.63) is 65.7 Å². The molecule has 2 rings (SSSR count). The van der Waals surface area contributed by atoms with Crippen LogP contribution in [0, 0.1) is 0 Å². The maximum absolute atomic E-state index is 12.0. The number of hydrogen-bond acceptors (Lipinski definition) is 2. The Labute approximate surface area is 125 Å². The highest BCUT2D eigenvalue weighted by atomic mass is 16.1. The Morgan fingerprint density at radius 2 is 1.62 bits per heavy atom. The smallest absolute Gasteiger partial charge is 0.224 e. The third-order valence-corrected chi connectivity index (χ3v) is 3.44. The first-order valence-corrected chi connectivity index (χ1v) is 7.02. The van der Waals surface area contributed by atoms with Crippen LogP contribution in [-0.4, -0.2) is 11.7 Å². The van der Waals surface area contributed by atoms with Crippen molar-refractivity contribution in [1.29, 1.82) is 0 Å². The number of carbonyl (C=O) groups is 2. The molecular formula is C18H19NO2. The average molecular weight is 281 g/mol. The summed E-state index contributed by atoms with van der Waals surface area (Å²) in [6, 6.07) is 16.9. The summed E-state index contributed by atoms with van der Waals surface area (Å²) in [6.45, 7) is 3.56. The second-order valence-corrected chi connectivity index (χ2v) is 5.20. The maximum atomic E-state index is 12.0. The van der Waals surface area contributed by atoms with Gasteiger partial charge in [0.05, 0.1) is 0 Å². The van der Waals surface area contributed by atoms with Gasteiger partial charge in [-0.25, -0.2) is 0 Å². The first-order valence-electron chi connectivity index (χ1n) is 7.02. The molecule has 0 spiro atoms. The third kappa shape index (κ3) is 4.28. The monoisotopic (exact) mass is 281 g/mol. The minimum absolute atomic E-state index is 0.0191. The largest absolute Gasteiger partial charge is 0.326 e. The molecule has 0 aliphatic heterocycles.